The summed E-state index contributed by atoms with van der Waals surface area (Å²) in [6.45, 7) is 6.38. The Kier molecular flexibility index (Phi) is 7.11. The van der Waals surface area contributed by atoms with E-state index in [4.69, 9.17) is 9.47 Å². The van der Waals surface area contributed by atoms with Gasteiger partial charge in [0.2, 0.25) is 10.0 Å². The van der Waals surface area contributed by atoms with E-state index in [2.05, 4.69) is 18.6 Å². The zero-order valence-electron chi connectivity index (χ0n) is 18.8. The van der Waals surface area contributed by atoms with Crippen LogP contribution in [0.5, 0.6) is 0 Å². The van der Waals surface area contributed by atoms with Crippen molar-refractivity contribution in [2.45, 2.75) is 83.1 Å². The largest absolute Gasteiger partial charge is 0.379 e. The standard InChI is InChI=1S/C22H36N2O5S/c1-15-6-9-17-10-13-19(23-30(5,26)27)20(24(17)21(15)25)14-29-18-11-7-16(8-12-18)22(2,3)28-4/h6,9,16,18-20,23H,7-8,10-14H2,1-5H3/t16?,18?,19-,20-/m0/s1. The molecule has 1 aliphatic heterocycles. The van der Waals surface area contributed by atoms with Crippen LogP contribution < -0.4 is 10.3 Å². The van der Waals surface area contributed by atoms with Gasteiger partial charge in [0.15, 0.2) is 0 Å². The summed E-state index contributed by atoms with van der Waals surface area (Å²) in [5.41, 5.74) is 1.40. The summed E-state index contributed by atoms with van der Waals surface area (Å²) in [5, 5.41) is 0. The molecule has 0 spiro atoms. The predicted octanol–water partition coefficient (Wildman–Crippen LogP) is 2.56. The molecule has 0 aromatic carbocycles. The molecule has 0 unspecified atom stereocenters. The van der Waals surface area contributed by atoms with Crippen molar-refractivity contribution in [3.05, 3.63) is 33.7 Å². The molecule has 1 aromatic heterocycles. The van der Waals surface area contributed by atoms with Crippen LogP contribution >= 0.6 is 0 Å². The van der Waals surface area contributed by atoms with Crippen LogP contribution in [0.1, 0.15) is 63.3 Å². The van der Waals surface area contributed by atoms with Gasteiger partial charge in [-0.1, -0.05) is 6.07 Å². The van der Waals surface area contributed by atoms with E-state index in [1.54, 1.807) is 18.6 Å². The van der Waals surface area contributed by atoms with Gasteiger partial charge in [0.05, 0.1) is 30.6 Å². The first-order valence-corrected chi connectivity index (χ1v) is 12.8. The highest BCUT2D eigenvalue weighted by molar-refractivity contribution is 7.88. The highest BCUT2D eigenvalue weighted by atomic mass is 32.2. The monoisotopic (exact) mass is 440 g/mol. The molecular formula is C22H36N2O5S. The summed E-state index contributed by atoms with van der Waals surface area (Å²) < 4.78 is 40.3. The Labute approximate surface area is 180 Å². The van der Waals surface area contributed by atoms with E-state index in [1.807, 2.05) is 12.1 Å². The number of fused-ring (bicyclic) bond motifs is 1. The number of nitrogens with zero attached hydrogens (tertiary/aromatic N) is 1. The van der Waals surface area contributed by atoms with E-state index in [1.165, 1.54) is 0 Å². The minimum Gasteiger partial charge on any atom is -0.379 e. The molecule has 1 N–H and O–H groups in total. The summed E-state index contributed by atoms with van der Waals surface area (Å²) in [7, 11) is -1.63. The number of nitrogens with one attached hydrogen (secondary N) is 1. The molecule has 0 radical (unpaired) electrons. The first-order chi connectivity index (χ1) is 14.0. The van der Waals surface area contributed by atoms with Crippen molar-refractivity contribution in [3.63, 3.8) is 0 Å². The lowest BCUT2D eigenvalue weighted by Gasteiger charge is -2.39. The molecule has 0 bridgehead atoms. The van der Waals surface area contributed by atoms with Crippen LogP contribution in [0.25, 0.3) is 0 Å². The van der Waals surface area contributed by atoms with Crippen LogP contribution in [0.3, 0.4) is 0 Å². The lowest BCUT2D eigenvalue weighted by molar-refractivity contribution is -0.0675. The van der Waals surface area contributed by atoms with Gasteiger partial charge in [0, 0.05) is 24.4 Å². The van der Waals surface area contributed by atoms with Crippen LogP contribution in [-0.4, -0.2) is 50.7 Å². The second-order valence-electron chi connectivity index (χ2n) is 9.40. The van der Waals surface area contributed by atoms with E-state index >= 15 is 0 Å². The number of hydrogen-bond donors (Lipinski definition) is 1. The number of sulfonamides is 1. The van der Waals surface area contributed by atoms with Gasteiger partial charge in [-0.25, -0.2) is 13.1 Å². The molecule has 1 fully saturated rings. The van der Waals surface area contributed by atoms with Crippen molar-refractivity contribution in [1.29, 1.82) is 0 Å². The predicted molar refractivity (Wildman–Crippen MR) is 117 cm³/mol. The van der Waals surface area contributed by atoms with Crippen molar-refractivity contribution in [2.75, 3.05) is 20.0 Å². The molecular weight excluding hydrogens is 404 g/mol. The van der Waals surface area contributed by atoms with Crippen molar-refractivity contribution >= 4 is 10.0 Å². The van der Waals surface area contributed by atoms with E-state index < -0.39 is 10.0 Å². The Morgan fingerprint density at radius 1 is 1.17 bits per heavy atom. The molecule has 0 amide bonds. The Morgan fingerprint density at radius 2 is 1.83 bits per heavy atom. The number of aryl methyl sites for hydroxylation is 2. The number of methoxy groups -OCH3 is 1. The second-order valence-corrected chi connectivity index (χ2v) is 11.2. The molecule has 2 atom stereocenters. The van der Waals surface area contributed by atoms with Crippen molar-refractivity contribution < 1.29 is 17.9 Å². The van der Waals surface area contributed by atoms with Gasteiger partial charge in [0.25, 0.3) is 5.56 Å². The molecule has 8 heteroatoms. The summed E-state index contributed by atoms with van der Waals surface area (Å²) in [6.07, 6.45) is 6.58. The van der Waals surface area contributed by atoms with Crippen molar-refractivity contribution in [3.8, 4) is 0 Å². The Bertz CT molecular complexity index is 901. The van der Waals surface area contributed by atoms with Crippen LogP contribution in [0.4, 0.5) is 0 Å². The van der Waals surface area contributed by atoms with Gasteiger partial charge >= 0.3 is 0 Å². The molecule has 3 rings (SSSR count). The van der Waals surface area contributed by atoms with Crippen LogP contribution in [0.15, 0.2) is 16.9 Å². The maximum absolute atomic E-state index is 12.9. The Balaban J connectivity index is 1.74. The normalized spacial score (nSPS) is 27.6. The number of rotatable bonds is 7. The molecule has 1 aromatic rings. The third kappa shape index (κ3) is 5.33. The Hall–Kier alpha value is -1.22. The van der Waals surface area contributed by atoms with E-state index in [0.717, 1.165) is 37.6 Å². The summed E-state index contributed by atoms with van der Waals surface area (Å²) in [4.78, 5) is 12.9. The first-order valence-electron chi connectivity index (χ1n) is 10.9. The summed E-state index contributed by atoms with van der Waals surface area (Å²) in [5.74, 6) is 0.502. The van der Waals surface area contributed by atoms with E-state index in [9.17, 15) is 13.2 Å². The van der Waals surface area contributed by atoms with Gasteiger partial charge in [0.1, 0.15) is 0 Å². The van der Waals surface area contributed by atoms with Gasteiger partial charge in [-0.05, 0) is 71.3 Å². The number of aromatic nitrogens is 1. The highest BCUT2D eigenvalue weighted by Crippen LogP contribution is 2.36. The second kappa shape index (κ2) is 9.10. The third-order valence-corrected chi connectivity index (χ3v) is 7.68. The highest BCUT2D eigenvalue weighted by Gasteiger charge is 2.36. The average Bonchev–Trinajstić information content (AvgIpc) is 2.69. The van der Waals surface area contributed by atoms with Gasteiger partial charge < -0.3 is 14.0 Å². The zero-order chi connectivity index (χ0) is 22.1. The van der Waals surface area contributed by atoms with Gasteiger partial charge in [-0.2, -0.15) is 0 Å². The van der Waals surface area contributed by atoms with Gasteiger partial charge in [-0.3, -0.25) is 4.79 Å². The maximum Gasteiger partial charge on any atom is 0.254 e. The maximum atomic E-state index is 12.9. The van der Waals surface area contributed by atoms with Crippen LogP contribution in [0, 0.1) is 12.8 Å². The SMILES string of the molecule is COC(C)(C)C1CCC(OC[C@H]2[C@@H](NS(C)(=O)=O)CCc3ccc(C)c(=O)n32)CC1. The zero-order valence-corrected chi connectivity index (χ0v) is 19.6. The molecule has 1 aliphatic carbocycles. The minimum absolute atomic E-state index is 0.0633. The van der Waals surface area contributed by atoms with E-state index in [-0.39, 0.29) is 29.3 Å². The Morgan fingerprint density at radius 3 is 2.43 bits per heavy atom. The number of pyridine rings is 1. The lowest BCUT2D eigenvalue weighted by Crippen LogP contribution is -2.49. The molecule has 1 saturated carbocycles. The molecule has 2 heterocycles. The van der Waals surface area contributed by atoms with Crippen molar-refractivity contribution in [2.24, 2.45) is 5.92 Å². The molecule has 0 saturated heterocycles. The van der Waals surface area contributed by atoms with E-state index in [0.29, 0.717) is 30.9 Å². The fourth-order valence-corrected chi connectivity index (χ4v) is 5.69. The minimum atomic E-state index is -3.39. The average molecular weight is 441 g/mol. The third-order valence-electron chi connectivity index (χ3n) is 6.95. The molecule has 7 nitrogen and oxygen atoms in total. The fourth-order valence-electron chi connectivity index (χ4n) is 4.87. The fraction of sp³-hybridized carbons (Fsp3) is 0.773. The van der Waals surface area contributed by atoms with Crippen molar-refractivity contribution in [1.82, 2.24) is 9.29 Å². The topological polar surface area (TPSA) is 86.6 Å². The molecule has 30 heavy (non-hydrogen) atoms. The summed E-state index contributed by atoms with van der Waals surface area (Å²) >= 11 is 0. The summed E-state index contributed by atoms with van der Waals surface area (Å²) in [6, 6.07) is 3.12. The molecule has 2 aliphatic rings. The lowest BCUT2D eigenvalue weighted by atomic mass is 9.77. The number of ether oxygens (including phenoxy) is 2. The van der Waals surface area contributed by atoms with Crippen LogP contribution in [-0.2, 0) is 25.9 Å². The van der Waals surface area contributed by atoms with Crippen LogP contribution in [0.2, 0.25) is 0 Å². The molecule has 170 valence electrons. The smallest absolute Gasteiger partial charge is 0.254 e. The van der Waals surface area contributed by atoms with Gasteiger partial charge in [-0.15, -0.1) is 0 Å². The first kappa shape index (κ1) is 23.4. The number of hydrogen-bond acceptors (Lipinski definition) is 5. The quantitative estimate of drug-likeness (QED) is 0.704.